The first-order valence-electron chi connectivity index (χ1n) is 6.52. The first kappa shape index (κ1) is 13.9. The SMILES string of the molecule is CC(=O)Nc1ccc(C)c(NCc2ccccc2N)c1. The Hall–Kier alpha value is -2.49. The minimum Gasteiger partial charge on any atom is -0.398 e. The molecule has 104 valence electrons. The fourth-order valence-electron chi connectivity index (χ4n) is 1.98. The molecule has 20 heavy (non-hydrogen) atoms. The van der Waals surface area contributed by atoms with Crippen LogP contribution in [0.1, 0.15) is 18.1 Å². The molecule has 2 aromatic rings. The van der Waals surface area contributed by atoms with Crippen LogP contribution in [0.4, 0.5) is 17.1 Å². The largest absolute Gasteiger partial charge is 0.398 e. The molecular weight excluding hydrogens is 250 g/mol. The van der Waals surface area contributed by atoms with Crippen LogP contribution in [0.3, 0.4) is 0 Å². The van der Waals surface area contributed by atoms with Gasteiger partial charge in [0.05, 0.1) is 0 Å². The Labute approximate surface area is 119 Å². The minimum absolute atomic E-state index is 0.0768. The van der Waals surface area contributed by atoms with Crippen LogP contribution < -0.4 is 16.4 Å². The third-order valence-electron chi connectivity index (χ3n) is 3.08. The molecule has 0 aliphatic rings. The molecule has 0 aliphatic heterocycles. The fraction of sp³-hybridized carbons (Fsp3) is 0.188. The van der Waals surface area contributed by atoms with Crippen molar-refractivity contribution in [2.24, 2.45) is 0 Å². The lowest BCUT2D eigenvalue weighted by atomic mass is 10.1. The van der Waals surface area contributed by atoms with Gasteiger partial charge in [-0.25, -0.2) is 0 Å². The summed E-state index contributed by atoms with van der Waals surface area (Å²) in [7, 11) is 0. The molecule has 0 aliphatic carbocycles. The van der Waals surface area contributed by atoms with E-state index in [9.17, 15) is 4.79 Å². The highest BCUT2D eigenvalue weighted by Gasteiger charge is 2.03. The average Bonchev–Trinajstić information content (AvgIpc) is 2.40. The van der Waals surface area contributed by atoms with Gasteiger partial charge in [-0.1, -0.05) is 24.3 Å². The number of carbonyl (C=O) groups is 1. The van der Waals surface area contributed by atoms with Gasteiger partial charge in [-0.15, -0.1) is 0 Å². The van der Waals surface area contributed by atoms with E-state index in [2.05, 4.69) is 10.6 Å². The summed E-state index contributed by atoms with van der Waals surface area (Å²) in [6.07, 6.45) is 0. The van der Waals surface area contributed by atoms with Crippen molar-refractivity contribution in [3.8, 4) is 0 Å². The molecule has 0 saturated heterocycles. The van der Waals surface area contributed by atoms with Crippen molar-refractivity contribution in [1.82, 2.24) is 0 Å². The number of rotatable bonds is 4. The fourth-order valence-corrected chi connectivity index (χ4v) is 1.98. The summed E-state index contributed by atoms with van der Waals surface area (Å²) in [5.74, 6) is -0.0768. The molecule has 4 N–H and O–H groups in total. The number of aryl methyl sites for hydroxylation is 1. The van der Waals surface area contributed by atoms with Crippen molar-refractivity contribution in [3.63, 3.8) is 0 Å². The van der Waals surface area contributed by atoms with E-state index in [1.165, 1.54) is 6.92 Å². The molecule has 2 rings (SSSR count). The Morgan fingerprint density at radius 1 is 1.20 bits per heavy atom. The number of nitrogens with one attached hydrogen (secondary N) is 2. The topological polar surface area (TPSA) is 67.2 Å². The maximum atomic E-state index is 11.1. The number of amides is 1. The van der Waals surface area contributed by atoms with E-state index in [1.807, 2.05) is 49.4 Å². The Morgan fingerprint density at radius 3 is 2.65 bits per heavy atom. The summed E-state index contributed by atoms with van der Waals surface area (Å²) in [5, 5.41) is 6.13. The molecule has 0 bridgehead atoms. The third-order valence-corrected chi connectivity index (χ3v) is 3.08. The first-order chi connectivity index (χ1) is 9.56. The number of carbonyl (C=O) groups excluding carboxylic acids is 1. The van der Waals surface area contributed by atoms with E-state index in [4.69, 9.17) is 5.73 Å². The van der Waals surface area contributed by atoms with Crippen molar-refractivity contribution in [2.75, 3.05) is 16.4 Å². The summed E-state index contributed by atoms with van der Waals surface area (Å²) in [4.78, 5) is 11.1. The van der Waals surface area contributed by atoms with Gasteiger partial charge in [-0.3, -0.25) is 4.79 Å². The second kappa shape index (κ2) is 6.10. The van der Waals surface area contributed by atoms with Crippen LogP contribution in [0.15, 0.2) is 42.5 Å². The van der Waals surface area contributed by atoms with Gasteiger partial charge >= 0.3 is 0 Å². The molecule has 0 saturated carbocycles. The molecule has 2 aromatic carbocycles. The molecule has 0 spiro atoms. The van der Waals surface area contributed by atoms with Gasteiger partial charge in [-0.2, -0.15) is 0 Å². The molecule has 1 amide bonds. The lowest BCUT2D eigenvalue weighted by Gasteiger charge is -2.13. The van der Waals surface area contributed by atoms with Crippen LogP contribution in [0.2, 0.25) is 0 Å². The quantitative estimate of drug-likeness (QED) is 0.747. The maximum absolute atomic E-state index is 11.1. The smallest absolute Gasteiger partial charge is 0.221 e. The van der Waals surface area contributed by atoms with Gasteiger partial charge in [-0.05, 0) is 36.2 Å². The van der Waals surface area contributed by atoms with Crippen LogP contribution in [0.25, 0.3) is 0 Å². The standard InChI is InChI=1S/C16H19N3O/c1-11-7-8-14(19-12(2)20)9-16(11)18-10-13-5-3-4-6-15(13)17/h3-9,18H,10,17H2,1-2H3,(H,19,20). The van der Waals surface area contributed by atoms with Crippen molar-refractivity contribution >= 4 is 23.0 Å². The molecule has 0 aromatic heterocycles. The molecule has 0 atom stereocenters. The van der Waals surface area contributed by atoms with Gasteiger partial charge in [0.2, 0.25) is 5.91 Å². The number of benzene rings is 2. The molecule has 4 heteroatoms. The summed E-state index contributed by atoms with van der Waals surface area (Å²) in [5.41, 5.74) is 10.6. The van der Waals surface area contributed by atoms with Crippen molar-refractivity contribution in [2.45, 2.75) is 20.4 Å². The normalized spacial score (nSPS) is 10.1. The molecule has 0 heterocycles. The second-order valence-corrected chi connectivity index (χ2v) is 4.76. The number of hydrogen-bond acceptors (Lipinski definition) is 3. The summed E-state index contributed by atoms with van der Waals surface area (Å²) >= 11 is 0. The maximum Gasteiger partial charge on any atom is 0.221 e. The van der Waals surface area contributed by atoms with Crippen molar-refractivity contribution in [1.29, 1.82) is 0 Å². The highest BCUT2D eigenvalue weighted by atomic mass is 16.1. The van der Waals surface area contributed by atoms with E-state index >= 15 is 0 Å². The predicted molar refractivity (Wildman–Crippen MR) is 83.7 cm³/mol. The minimum atomic E-state index is -0.0768. The third kappa shape index (κ3) is 3.51. The average molecular weight is 269 g/mol. The highest BCUT2D eigenvalue weighted by molar-refractivity contribution is 5.89. The zero-order chi connectivity index (χ0) is 14.5. The Kier molecular flexibility index (Phi) is 4.25. The van der Waals surface area contributed by atoms with E-state index in [0.717, 1.165) is 28.2 Å². The van der Waals surface area contributed by atoms with Crippen LogP contribution in [0, 0.1) is 6.92 Å². The summed E-state index contributed by atoms with van der Waals surface area (Å²) < 4.78 is 0. The van der Waals surface area contributed by atoms with E-state index in [0.29, 0.717) is 6.54 Å². The van der Waals surface area contributed by atoms with E-state index < -0.39 is 0 Å². The number of anilines is 3. The second-order valence-electron chi connectivity index (χ2n) is 4.76. The Morgan fingerprint density at radius 2 is 1.95 bits per heavy atom. The number of nitrogens with two attached hydrogens (primary N) is 1. The monoisotopic (exact) mass is 269 g/mol. The highest BCUT2D eigenvalue weighted by Crippen LogP contribution is 2.22. The van der Waals surface area contributed by atoms with E-state index in [-0.39, 0.29) is 5.91 Å². The number of para-hydroxylation sites is 1. The Bertz CT molecular complexity index is 623. The van der Waals surface area contributed by atoms with Crippen LogP contribution in [-0.2, 0) is 11.3 Å². The van der Waals surface area contributed by atoms with Gasteiger partial charge in [0.15, 0.2) is 0 Å². The molecular formula is C16H19N3O. The number of nitrogen functional groups attached to an aromatic ring is 1. The first-order valence-corrected chi connectivity index (χ1v) is 6.52. The van der Waals surface area contributed by atoms with Crippen LogP contribution in [0.5, 0.6) is 0 Å². The number of hydrogen-bond donors (Lipinski definition) is 3. The molecule has 0 radical (unpaired) electrons. The van der Waals surface area contributed by atoms with Crippen molar-refractivity contribution in [3.05, 3.63) is 53.6 Å². The molecule has 4 nitrogen and oxygen atoms in total. The Balaban J connectivity index is 2.12. The molecule has 0 unspecified atom stereocenters. The lowest BCUT2D eigenvalue weighted by Crippen LogP contribution is -2.07. The summed E-state index contributed by atoms with van der Waals surface area (Å²) in [6, 6.07) is 13.6. The zero-order valence-corrected chi connectivity index (χ0v) is 11.7. The zero-order valence-electron chi connectivity index (χ0n) is 11.7. The van der Waals surface area contributed by atoms with E-state index in [1.54, 1.807) is 0 Å². The lowest BCUT2D eigenvalue weighted by molar-refractivity contribution is -0.114. The van der Waals surface area contributed by atoms with Gasteiger partial charge in [0.25, 0.3) is 0 Å². The van der Waals surface area contributed by atoms with Crippen LogP contribution in [-0.4, -0.2) is 5.91 Å². The van der Waals surface area contributed by atoms with Gasteiger partial charge in [0, 0.05) is 30.5 Å². The van der Waals surface area contributed by atoms with Crippen molar-refractivity contribution < 1.29 is 4.79 Å². The van der Waals surface area contributed by atoms with Crippen LogP contribution >= 0.6 is 0 Å². The molecule has 0 fully saturated rings. The van der Waals surface area contributed by atoms with Gasteiger partial charge in [0.1, 0.15) is 0 Å². The van der Waals surface area contributed by atoms with Gasteiger partial charge < -0.3 is 16.4 Å². The predicted octanol–water partition coefficient (Wildman–Crippen LogP) is 3.15. The summed E-state index contributed by atoms with van der Waals surface area (Å²) in [6.45, 7) is 4.17.